The second-order valence-electron chi connectivity index (χ2n) is 7.97. The third-order valence-electron chi connectivity index (χ3n) is 5.55. The van der Waals surface area contributed by atoms with Crippen molar-refractivity contribution in [1.82, 2.24) is 9.88 Å². The number of rotatable bonds is 5. The topological polar surface area (TPSA) is 48.5 Å². The first-order valence-corrected chi connectivity index (χ1v) is 10.6. The van der Waals surface area contributed by atoms with E-state index in [2.05, 4.69) is 20.1 Å². The van der Waals surface area contributed by atoms with Crippen LogP contribution < -0.4 is 10.2 Å². The van der Waals surface area contributed by atoms with E-state index in [-0.39, 0.29) is 11.7 Å². The molecule has 1 fully saturated rings. The molecule has 6 heteroatoms. The minimum absolute atomic E-state index is 0.138. The minimum atomic E-state index is -0.199. The number of benzene rings is 2. The lowest BCUT2D eigenvalue weighted by atomic mass is 10.1. The number of pyridine rings is 1. The summed E-state index contributed by atoms with van der Waals surface area (Å²) >= 11 is 0. The van der Waals surface area contributed by atoms with Crippen LogP contribution in [0.5, 0.6) is 0 Å². The molecule has 0 bridgehead atoms. The van der Waals surface area contributed by atoms with Crippen molar-refractivity contribution in [2.45, 2.75) is 19.9 Å². The highest BCUT2D eigenvalue weighted by Crippen LogP contribution is 2.18. The third-order valence-corrected chi connectivity index (χ3v) is 5.55. The Morgan fingerprint density at radius 1 is 0.968 bits per heavy atom. The molecule has 31 heavy (non-hydrogen) atoms. The summed E-state index contributed by atoms with van der Waals surface area (Å²) in [5.74, 6) is 0.577. The van der Waals surface area contributed by atoms with Crippen LogP contribution in [0.2, 0.25) is 0 Å². The van der Waals surface area contributed by atoms with Gasteiger partial charge < -0.3 is 10.2 Å². The number of carbonyl (C=O) groups is 1. The van der Waals surface area contributed by atoms with E-state index in [9.17, 15) is 9.18 Å². The Labute approximate surface area is 182 Å². The molecule has 2 aromatic carbocycles. The van der Waals surface area contributed by atoms with Gasteiger partial charge in [0.05, 0.1) is 11.9 Å². The van der Waals surface area contributed by atoms with Crippen molar-refractivity contribution in [3.63, 3.8) is 0 Å². The molecule has 1 aliphatic heterocycles. The summed E-state index contributed by atoms with van der Waals surface area (Å²) in [6.07, 6.45) is 2.75. The highest BCUT2D eigenvalue weighted by molar-refractivity contribution is 6.04. The fourth-order valence-corrected chi connectivity index (χ4v) is 3.76. The van der Waals surface area contributed by atoms with Crippen molar-refractivity contribution < 1.29 is 9.18 Å². The predicted molar refractivity (Wildman–Crippen MR) is 122 cm³/mol. The number of carbonyl (C=O) groups excluding carboxylic acids is 1. The Bertz CT molecular complexity index is 1000. The van der Waals surface area contributed by atoms with Gasteiger partial charge >= 0.3 is 0 Å². The van der Waals surface area contributed by atoms with Crippen LogP contribution in [0.4, 0.5) is 15.9 Å². The molecular formula is C25H27FN4O. The van der Waals surface area contributed by atoms with Crippen LogP contribution in [0.3, 0.4) is 0 Å². The van der Waals surface area contributed by atoms with E-state index in [1.165, 1.54) is 12.1 Å². The van der Waals surface area contributed by atoms with E-state index < -0.39 is 0 Å². The number of hydrogen-bond donors (Lipinski definition) is 1. The Morgan fingerprint density at radius 2 is 1.74 bits per heavy atom. The lowest BCUT2D eigenvalue weighted by Crippen LogP contribution is -2.31. The van der Waals surface area contributed by atoms with Crippen molar-refractivity contribution in [1.29, 1.82) is 0 Å². The number of anilines is 2. The second kappa shape index (κ2) is 9.71. The van der Waals surface area contributed by atoms with Crippen LogP contribution in [-0.2, 0) is 6.54 Å². The van der Waals surface area contributed by atoms with Gasteiger partial charge in [-0.3, -0.25) is 9.69 Å². The molecule has 1 N–H and O–H groups in total. The zero-order chi connectivity index (χ0) is 21.6. The van der Waals surface area contributed by atoms with Gasteiger partial charge in [0.1, 0.15) is 11.6 Å². The zero-order valence-electron chi connectivity index (χ0n) is 17.7. The smallest absolute Gasteiger partial charge is 0.255 e. The zero-order valence-corrected chi connectivity index (χ0v) is 17.7. The van der Waals surface area contributed by atoms with E-state index >= 15 is 0 Å². The third kappa shape index (κ3) is 5.67. The molecule has 1 saturated heterocycles. The number of aromatic nitrogens is 1. The standard InChI is InChI=1S/C25H27FN4O/c1-19-3-7-21(8-4-19)25(31)28-23-11-12-24(27-17-23)30-14-2-13-29(15-16-30)18-20-5-9-22(26)10-6-20/h3-12,17H,2,13-16,18H2,1H3,(H,28,31). The molecule has 160 valence electrons. The quantitative estimate of drug-likeness (QED) is 0.663. The van der Waals surface area contributed by atoms with Crippen LogP contribution in [-0.4, -0.2) is 42.0 Å². The molecule has 0 spiro atoms. The fraction of sp³-hybridized carbons (Fsp3) is 0.280. The van der Waals surface area contributed by atoms with Gasteiger partial charge in [-0.15, -0.1) is 0 Å². The van der Waals surface area contributed by atoms with Crippen LogP contribution in [0.1, 0.15) is 27.9 Å². The van der Waals surface area contributed by atoms with E-state index in [4.69, 9.17) is 0 Å². The maximum atomic E-state index is 13.1. The fourth-order valence-electron chi connectivity index (χ4n) is 3.76. The largest absolute Gasteiger partial charge is 0.355 e. The van der Waals surface area contributed by atoms with E-state index in [1.54, 1.807) is 6.20 Å². The van der Waals surface area contributed by atoms with Crippen LogP contribution >= 0.6 is 0 Å². The molecule has 1 amide bonds. The Morgan fingerprint density at radius 3 is 2.45 bits per heavy atom. The Kier molecular flexibility index (Phi) is 6.57. The number of amides is 1. The Hall–Kier alpha value is -3.25. The summed E-state index contributed by atoms with van der Waals surface area (Å²) in [4.78, 5) is 21.6. The normalized spacial score (nSPS) is 14.8. The minimum Gasteiger partial charge on any atom is -0.355 e. The summed E-state index contributed by atoms with van der Waals surface area (Å²) in [6, 6.07) is 18.1. The monoisotopic (exact) mass is 418 g/mol. The maximum absolute atomic E-state index is 13.1. The van der Waals surface area contributed by atoms with Crippen molar-refractivity contribution in [3.05, 3.63) is 89.4 Å². The first-order chi connectivity index (χ1) is 15.1. The molecule has 1 aliphatic rings. The summed E-state index contributed by atoms with van der Waals surface area (Å²) in [6.45, 7) is 6.55. The van der Waals surface area contributed by atoms with Crippen LogP contribution in [0.25, 0.3) is 0 Å². The van der Waals surface area contributed by atoms with Crippen molar-refractivity contribution >= 4 is 17.4 Å². The van der Waals surface area contributed by atoms with Gasteiger partial charge in [-0.25, -0.2) is 9.37 Å². The molecule has 0 atom stereocenters. The molecule has 1 aromatic heterocycles. The van der Waals surface area contributed by atoms with E-state index in [0.717, 1.165) is 56.1 Å². The molecule has 0 unspecified atom stereocenters. The first-order valence-electron chi connectivity index (χ1n) is 10.6. The highest BCUT2D eigenvalue weighted by Gasteiger charge is 2.16. The summed E-state index contributed by atoms with van der Waals surface area (Å²) in [7, 11) is 0. The van der Waals surface area contributed by atoms with Crippen molar-refractivity contribution in [2.75, 3.05) is 36.4 Å². The SMILES string of the molecule is Cc1ccc(C(=O)Nc2ccc(N3CCCN(Cc4ccc(F)cc4)CC3)nc2)cc1. The van der Waals surface area contributed by atoms with Crippen molar-refractivity contribution in [2.24, 2.45) is 0 Å². The van der Waals surface area contributed by atoms with Crippen molar-refractivity contribution in [3.8, 4) is 0 Å². The number of halogens is 1. The lowest BCUT2D eigenvalue weighted by molar-refractivity contribution is 0.102. The number of aryl methyl sites for hydroxylation is 1. The molecule has 0 radical (unpaired) electrons. The van der Waals surface area contributed by atoms with Gasteiger partial charge in [0.2, 0.25) is 0 Å². The van der Waals surface area contributed by atoms with Gasteiger partial charge in [0, 0.05) is 38.3 Å². The average molecular weight is 419 g/mol. The molecule has 0 aliphatic carbocycles. The van der Waals surface area contributed by atoms with E-state index in [1.807, 2.05) is 55.5 Å². The highest BCUT2D eigenvalue weighted by atomic mass is 19.1. The summed E-state index contributed by atoms with van der Waals surface area (Å²) in [5, 5.41) is 2.90. The molecular weight excluding hydrogens is 391 g/mol. The van der Waals surface area contributed by atoms with E-state index in [0.29, 0.717) is 11.3 Å². The Balaban J connectivity index is 1.32. The van der Waals surface area contributed by atoms with Crippen LogP contribution in [0, 0.1) is 12.7 Å². The number of nitrogens with zero attached hydrogens (tertiary/aromatic N) is 3. The second-order valence-corrected chi connectivity index (χ2v) is 7.97. The van der Waals surface area contributed by atoms with Gasteiger partial charge in [0.15, 0.2) is 0 Å². The maximum Gasteiger partial charge on any atom is 0.255 e. The number of nitrogens with one attached hydrogen (secondary N) is 1. The molecule has 3 aromatic rings. The summed E-state index contributed by atoms with van der Waals surface area (Å²) < 4.78 is 13.1. The molecule has 4 rings (SSSR count). The van der Waals surface area contributed by atoms with Crippen LogP contribution in [0.15, 0.2) is 66.9 Å². The molecule has 0 saturated carbocycles. The number of hydrogen-bond acceptors (Lipinski definition) is 4. The van der Waals surface area contributed by atoms with Gasteiger partial charge in [-0.2, -0.15) is 0 Å². The molecule has 5 nitrogen and oxygen atoms in total. The van der Waals surface area contributed by atoms with Gasteiger partial charge in [0.25, 0.3) is 5.91 Å². The molecule has 2 heterocycles. The summed E-state index contributed by atoms with van der Waals surface area (Å²) in [5.41, 5.74) is 3.56. The van der Waals surface area contributed by atoms with Gasteiger partial charge in [-0.05, 0) is 55.3 Å². The van der Waals surface area contributed by atoms with Gasteiger partial charge in [-0.1, -0.05) is 29.8 Å². The average Bonchev–Trinajstić information content (AvgIpc) is 3.02. The lowest BCUT2D eigenvalue weighted by Gasteiger charge is -2.23. The first kappa shape index (κ1) is 21.0. The predicted octanol–water partition coefficient (Wildman–Crippen LogP) is 4.49.